The Bertz CT molecular complexity index is 293. The summed E-state index contributed by atoms with van der Waals surface area (Å²) >= 11 is 3.32. The van der Waals surface area contributed by atoms with Gasteiger partial charge in [0.15, 0.2) is 0 Å². The van der Waals surface area contributed by atoms with Crippen LogP contribution < -0.4 is 0 Å². The minimum Gasteiger partial charge on any atom is -0.388 e. The molecule has 0 radical (unpaired) electrons. The highest BCUT2D eigenvalue weighted by Gasteiger charge is 2.23. The van der Waals surface area contributed by atoms with E-state index in [0.717, 1.165) is 10.0 Å². The van der Waals surface area contributed by atoms with Gasteiger partial charge < -0.3 is 5.11 Å². The van der Waals surface area contributed by atoms with Crippen LogP contribution in [0, 0.1) is 5.41 Å². The second kappa shape index (κ2) is 3.76. The number of aliphatic hydroxyl groups is 1. The van der Waals surface area contributed by atoms with Crippen LogP contribution >= 0.6 is 15.9 Å². The van der Waals surface area contributed by atoms with Crippen molar-refractivity contribution in [3.05, 3.63) is 28.5 Å². The summed E-state index contributed by atoms with van der Waals surface area (Å²) in [4.78, 5) is 4.01. The largest absolute Gasteiger partial charge is 0.388 e. The van der Waals surface area contributed by atoms with Gasteiger partial charge in [0.1, 0.15) is 0 Å². The van der Waals surface area contributed by atoms with E-state index >= 15 is 0 Å². The molecule has 0 aromatic carbocycles. The van der Waals surface area contributed by atoms with E-state index < -0.39 is 6.10 Å². The molecule has 0 aliphatic rings. The lowest BCUT2D eigenvalue weighted by Gasteiger charge is -2.25. The van der Waals surface area contributed by atoms with Gasteiger partial charge in [-0.3, -0.25) is 4.98 Å². The van der Waals surface area contributed by atoms with Crippen LogP contribution in [-0.4, -0.2) is 10.1 Å². The molecule has 1 aromatic rings. The lowest BCUT2D eigenvalue weighted by atomic mass is 9.85. The fourth-order valence-corrected chi connectivity index (χ4v) is 1.46. The average Bonchev–Trinajstić information content (AvgIpc) is 2.01. The molecule has 0 fully saturated rings. The molecule has 13 heavy (non-hydrogen) atoms. The highest BCUT2D eigenvalue weighted by Crippen LogP contribution is 2.32. The van der Waals surface area contributed by atoms with E-state index in [0.29, 0.717) is 0 Å². The van der Waals surface area contributed by atoms with Gasteiger partial charge in [-0.25, -0.2) is 0 Å². The lowest BCUT2D eigenvalue weighted by Crippen LogP contribution is -2.17. The second-order valence-corrected chi connectivity index (χ2v) is 5.12. The van der Waals surface area contributed by atoms with E-state index in [1.165, 1.54) is 0 Å². The zero-order valence-corrected chi connectivity index (χ0v) is 9.67. The van der Waals surface area contributed by atoms with Crippen LogP contribution in [0.25, 0.3) is 0 Å². The van der Waals surface area contributed by atoms with E-state index in [4.69, 9.17) is 0 Å². The number of rotatable bonds is 1. The summed E-state index contributed by atoms with van der Waals surface area (Å²) in [7, 11) is 0. The molecule has 0 aliphatic carbocycles. The maximum absolute atomic E-state index is 9.92. The van der Waals surface area contributed by atoms with Crippen LogP contribution in [0.2, 0.25) is 0 Å². The first-order valence-corrected chi connectivity index (χ1v) is 4.99. The zero-order valence-electron chi connectivity index (χ0n) is 8.08. The minimum atomic E-state index is -0.475. The third-order valence-corrected chi connectivity index (χ3v) is 2.30. The van der Waals surface area contributed by atoms with E-state index in [1.54, 1.807) is 12.4 Å². The summed E-state index contributed by atoms with van der Waals surface area (Å²) in [5, 5.41) is 9.92. The average molecular weight is 244 g/mol. The van der Waals surface area contributed by atoms with Gasteiger partial charge in [0.2, 0.25) is 0 Å². The Morgan fingerprint density at radius 3 is 2.46 bits per heavy atom. The van der Waals surface area contributed by atoms with Crippen molar-refractivity contribution in [2.24, 2.45) is 5.41 Å². The van der Waals surface area contributed by atoms with Crippen LogP contribution in [0.1, 0.15) is 32.4 Å². The molecule has 0 aliphatic heterocycles. The standard InChI is InChI=1S/C10H14BrNO/c1-10(2,3)9(13)7-4-8(11)6-12-5-7/h4-6,9,13H,1-3H3. The van der Waals surface area contributed by atoms with Crippen molar-refractivity contribution in [1.82, 2.24) is 4.98 Å². The van der Waals surface area contributed by atoms with Gasteiger partial charge in [-0.2, -0.15) is 0 Å². The molecule has 1 aromatic heterocycles. The number of nitrogens with zero attached hydrogens (tertiary/aromatic N) is 1. The number of aliphatic hydroxyl groups excluding tert-OH is 1. The van der Waals surface area contributed by atoms with Gasteiger partial charge >= 0.3 is 0 Å². The maximum Gasteiger partial charge on any atom is 0.0853 e. The fraction of sp³-hybridized carbons (Fsp3) is 0.500. The smallest absolute Gasteiger partial charge is 0.0853 e. The highest BCUT2D eigenvalue weighted by molar-refractivity contribution is 9.10. The summed E-state index contributed by atoms with van der Waals surface area (Å²) in [6.45, 7) is 6.00. The van der Waals surface area contributed by atoms with Crippen molar-refractivity contribution in [2.75, 3.05) is 0 Å². The Balaban J connectivity index is 2.96. The Morgan fingerprint density at radius 1 is 1.38 bits per heavy atom. The molecular formula is C10H14BrNO. The van der Waals surface area contributed by atoms with Gasteiger partial charge in [0, 0.05) is 22.4 Å². The van der Waals surface area contributed by atoms with E-state index in [-0.39, 0.29) is 5.41 Å². The van der Waals surface area contributed by atoms with Crippen LogP contribution in [0.5, 0.6) is 0 Å². The Morgan fingerprint density at radius 2 is 2.00 bits per heavy atom. The van der Waals surface area contributed by atoms with E-state index in [9.17, 15) is 5.11 Å². The summed E-state index contributed by atoms with van der Waals surface area (Å²) < 4.78 is 0.897. The van der Waals surface area contributed by atoms with Crippen molar-refractivity contribution < 1.29 is 5.11 Å². The van der Waals surface area contributed by atoms with Crippen molar-refractivity contribution in [3.63, 3.8) is 0 Å². The first kappa shape index (κ1) is 10.7. The SMILES string of the molecule is CC(C)(C)C(O)c1cncc(Br)c1. The topological polar surface area (TPSA) is 33.1 Å². The van der Waals surface area contributed by atoms with Gasteiger partial charge in [-0.05, 0) is 27.4 Å². The molecule has 0 spiro atoms. The molecule has 0 amide bonds. The van der Waals surface area contributed by atoms with Crippen LogP contribution in [0.3, 0.4) is 0 Å². The normalized spacial score (nSPS) is 14.2. The van der Waals surface area contributed by atoms with Gasteiger partial charge in [0.25, 0.3) is 0 Å². The summed E-state index contributed by atoms with van der Waals surface area (Å²) in [5.74, 6) is 0. The molecule has 0 saturated heterocycles. The third-order valence-electron chi connectivity index (χ3n) is 1.86. The van der Waals surface area contributed by atoms with Crippen molar-refractivity contribution >= 4 is 15.9 Å². The van der Waals surface area contributed by atoms with Crippen molar-refractivity contribution in [2.45, 2.75) is 26.9 Å². The van der Waals surface area contributed by atoms with Gasteiger partial charge in [0.05, 0.1) is 6.10 Å². The van der Waals surface area contributed by atoms with Gasteiger partial charge in [-0.15, -0.1) is 0 Å². The van der Waals surface area contributed by atoms with Crippen molar-refractivity contribution in [1.29, 1.82) is 0 Å². The van der Waals surface area contributed by atoms with Crippen molar-refractivity contribution in [3.8, 4) is 0 Å². The first-order chi connectivity index (χ1) is 5.91. The predicted molar refractivity (Wildman–Crippen MR) is 56.4 cm³/mol. The second-order valence-electron chi connectivity index (χ2n) is 4.21. The number of hydrogen-bond acceptors (Lipinski definition) is 2. The summed E-state index contributed by atoms with van der Waals surface area (Å²) in [6, 6.07) is 1.89. The van der Waals surface area contributed by atoms with E-state index in [2.05, 4.69) is 20.9 Å². The molecule has 3 heteroatoms. The lowest BCUT2D eigenvalue weighted by molar-refractivity contribution is 0.0623. The maximum atomic E-state index is 9.92. The monoisotopic (exact) mass is 243 g/mol. The molecule has 2 nitrogen and oxygen atoms in total. The molecule has 1 N–H and O–H groups in total. The molecule has 0 bridgehead atoms. The number of pyridine rings is 1. The van der Waals surface area contributed by atoms with Gasteiger partial charge in [-0.1, -0.05) is 20.8 Å². The number of hydrogen-bond donors (Lipinski definition) is 1. The molecular weight excluding hydrogens is 230 g/mol. The Labute approximate surface area is 87.1 Å². The first-order valence-electron chi connectivity index (χ1n) is 4.20. The predicted octanol–water partition coefficient (Wildman–Crippen LogP) is 2.92. The quantitative estimate of drug-likeness (QED) is 0.823. The van der Waals surface area contributed by atoms with Crippen LogP contribution in [-0.2, 0) is 0 Å². The molecule has 1 heterocycles. The Hall–Kier alpha value is -0.410. The number of halogens is 1. The zero-order chi connectivity index (χ0) is 10.1. The van der Waals surface area contributed by atoms with E-state index in [1.807, 2.05) is 26.8 Å². The molecule has 0 saturated carbocycles. The minimum absolute atomic E-state index is 0.150. The summed E-state index contributed by atoms with van der Waals surface area (Å²) in [5.41, 5.74) is 0.699. The fourth-order valence-electron chi connectivity index (χ4n) is 1.08. The highest BCUT2D eigenvalue weighted by atomic mass is 79.9. The summed E-state index contributed by atoms with van der Waals surface area (Å²) in [6.07, 6.45) is 2.93. The molecule has 1 atom stereocenters. The molecule has 72 valence electrons. The van der Waals surface area contributed by atoms with Crippen LogP contribution in [0.4, 0.5) is 0 Å². The Kier molecular flexibility index (Phi) is 3.09. The number of aromatic nitrogens is 1. The molecule has 1 unspecified atom stereocenters. The molecule has 1 rings (SSSR count). The van der Waals surface area contributed by atoms with Crippen LogP contribution in [0.15, 0.2) is 22.9 Å². The third kappa shape index (κ3) is 2.78.